The van der Waals surface area contributed by atoms with Crippen LogP contribution >= 0.6 is 11.6 Å². The fraction of sp³-hybridized carbons (Fsp3) is 0.857. The summed E-state index contributed by atoms with van der Waals surface area (Å²) in [6.45, 7) is 6.39. The van der Waals surface area contributed by atoms with Crippen molar-refractivity contribution < 1.29 is 23.8 Å². The highest BCUT2D eigenvalue weighted by Gasteiger charge is 2.34. The number of esters is 1. The molecule has 0 saturated carbocycles. The van der Waals surface area contributed by atoms with E-state index in [0.29, 0.717) is 12.8 Å². The van der Waals surface area contributed by atoms with Gasteiger partial charge in [-0.15, -0.1) is 11.6 Å². The normalized spacial score (nSPS) is 15.0. The second-order valence-corrected chi connectivity index (χ2v) is 6.32. The van der Waals surface area contributed by atoms with Gasteiger partial charge in [0, 0.05) is 32.4 Å². The number of carbonyl (C=O) groups is 2. The summed E-state index contributed by atoms with van der Waals surface area (Å²) in [5.74, 6) is -0.786. The SMILES string of the molecule is COC(C[C@H](C[C@@H](OC(C)=O)C(C)=O)C(C)(C)Cl)OC. The molecule has 5 nitrogen and oxygen atoms in total. The van der Waals surface area contributed by atoms with E-state index < -0.39 is 23.2 Å². The Morgan fingerprint density at radius 3 is 1.90 bits per heavy atom. The molecular formula is C14H25ClO5. The predicted octanol–water partition coefficient (Wildman–Crippen LogP) is 2.54. The van der Waals surface area contributed by atoms with E-state index in [4.69, 9.17) is 25.8 Å². The number of Topliss-reactive ketones (excluding diaryl/α,β-unsaturated/α-hetero) is 1. The molecule has 118 valence electrons. The molecule has 0 aliphatic carbocycles. The van der Waals surface area contributed by atoms with Crippen molar-refractivity contribution in [3.05, 3.63) is 0 Å². The quantitative estimate of drug-likeness (QED) is 0.372. The highest BCUT2D eigenvalue weighted by molar-refractivity contribution is 6.23. The molecule has 0 aliphatic heterocycles. The van der Waals surface area contributed by atoms with Crippen LogP contribution in [0.4, 0.5) is 0 Å². The zero-order valence-corrected chi connectivity index (χ0v) is 13.8. The average Bonchev–Trinajstić information content (AvgIpc) is 2.30. The number of ether oxygens (including phenoxy) is 3. The van der Waals surface area contributed by atoms with E-state index in [2.05, 4.69) is 0 Å². The monoisotopic (exact) mass is 308 g/mol. The van der Waals surface area contributed by atoms with E-state index in [1.807, 2.05) is 13.8 Å². The molecule has 6 heteroatoms. The maximum atomic E-state index is 11.6. The van der Waals surface area contributed by atoms with E-state index in [-0.39, 0.29) is 11.7 Å². The molecular weight excluding hydrogens is 284 g/mol. The molecule has 0 bridgehead atoms. The van der Waals surface area contributed by atoms with Gasteiger partial charge in [0.15, 0.2) is 18.2 Å². The van der Waals surface area contributed by atoms with Gasteiger partial charge >= 0.3 is 5.97 Å². The third kappa shape index (κ3) is 7.22. The van der Waals surface area contributed by atoms with E-state index in [1.165, 1.54) is 13.8 Å². The minimum absolute atomic E-state index is 0.109. The standard InChI is InChI=1S/C14H25ClO5/c1-9(16)12(20-10(2)17)7-11(14(3,4)15)8-13(18-5)19-6/h11-13H,7-8H2,1-6H3/t11-,12+/m0/s1. The van der Waals surface area contributed by atoms with Gasteiger partial charge in [0.25, 0.3) is 0 Å². The Morgan fingerprint density at radius 1 is 1.10 bits per heavy atom. The summed E-state index contributed by atoms with van der Waals surface area (Å²) in [6, 6.07) is 0. The van der Waals surface area contributed by atoms with Crippen LogP contribution in [-0.4, -0.2) is 43.2 Å². The first kappa shape index (κ1) is 19.4. The lowest BCUT2D eigenvalue weighted by Gasteiger charge is -2.32. The topological polar surface area (TPSA) is 61.8 Å². The fourth-order valence-electron chi connectivity index (χ4n) is 1.93. The van der Waals surface area contributed by atoms with Crippen molar-refractivity contribution in [2.24, 2.45) is 5.92 Å². The minimum Gasteiger partial charge on any atom is -0.455 e. The van der Waals surface area contributed by atoms with Crippen molar-refractivity contribution in [3.63, 3.8) is 0 Å². The second-order valence-electron chi connectivity index (χ2n) is 5.34. The van der Waals surface area contributed by atoms with Crippen molar-refractivity contribution >= 4 is 23.4 Å². The molecule has 0 aliphatic rings. The van der Waals surface area contributed by atoms with Crippen molar-refractivity contribution in [2.45, 2.75) is 57.8 Å². The Bertz CT molecular complexity index is 320. The van der Waals surface area contributed by atoms with Crippen LogP contribution in [0.3, 0.4) is 0 Å². The largest absolute Gasteiger partial charge is 0.455 e. The zero-order chi connectivity index (χ0) is 15.9. The number of ketones is 1. The summed E-state index contributed by atoms with van der Waals surface area (Å²) in [5, 5.41) is 0. The highest BCUT2D eigenvalue weighted by atomic mass is 35.5. The van der Waals surface area contributed by atoms with E-state index in [0.717, 1.165) is 0 Å². The zero-order valence-electron chi connectivity index (χ0n) is 13.1. The first-order chi connectivity index (χ1) is 9.11. The van der Waals surface area contributed by atoms with Gasteiger partial charge in [0.1, 0.15) is 0 Å². The van der Waals surface area contributed by atoms with Crippen LogP contribution in [0.1, 0.15) is 40.5 Å². The number of alkyl halides is 1. The number of hydrogen-bond donors (Lipinski definition) is 0. The van der Waals surface area contributed by atoms with Crippen molar-refractivity contribution in [1.29, 1.82) is 0 Å². The van der Waals surface area contributed by atoms with Crippen LogP contribution in [0.25, 0.3) is 0 Å². The van der Waals surface area contributed by atoms with E-state index in [1.54, 1.807) is 14.2 Å². The number of carbonyl (C=O) groups excluding carboxylic acids is 2. The summed E-state index contributed by atoms with van der Waals surface area (Å²) in [7, 11) is 3.09. The number of halogens is 1. The third-order valence-corrected chi connectivity index (χ3v) is 3.54. The van der Waals surface area contributed by atoms with Crippen molar-refractivity contribution in [3.8, 4) is 0 Å². The summed E-state index contributed by atoms with van der Waals surface area (Å²) in [4.78, 5) is 22.1. The maximum Gasteiger partial charge on any atom is 0.303 e. The summed E-state index contributed by atoms with van der Waals surface area (Å²) in [5.41, 5.74) is 0. The minimum atomic E-state index is -0.787. The van der Waals surface area contributed by atoms with Crippen LogP contribution < -0.4 is 0 Å². The molecule has 0 aromatic rings. The van der Waals surface area contributed by atoms with Crippen LogP contribution in [0.15, 0.2) is 0 Å². The van der Waals surface area contributed by atoms with Gasteiger partial charge in [-0.1, -0.05) is 0 Å². The average molecular weight is 309 g/mol. The fourth-order valence-corrected chi connectivity index (χ4v) is 2.11. The van der Waals surface area contributed by atoms with Gasteiger partial charge in [-0.25, -0.2) is 0 Å². The van der Waals surface area contributed by atoms with Crippen LogP contribution in [0.2, 0.25) is 0 Å². The smallest absolute Gasteiger partial charge is 0.303 e. The molecule has 0 N–H and O–H groups in total. The third-order valence-electron chi connectivity index (χ3n) is 3.23. The molecule has 0 spiro atoms. The van der Waals surface area contributed by atoms with Gasteiger partial charge in [-0.05, 0) is 33.1 Å². The molecule has 0 unspecified atom stereocenters. The lowest BCUT2D eigenvalue weighted by atomic mass is 9.85. The summed E-state index contributed by atoms with van der Waals surface area (Å²) >= 11 is 6.38. The lowest BCUT2D eigenvalue weighted by Crippen LogP contribution is -2.36. The van der Waals surface area contributed by atoms with Gasteiger partial charge < -0.3 is 14.2 Å². The highest BCUT2D eigenvalue weighted by Crippen LogP contribution is 2.33. The predicted molar refractivity (Wildman–Crippen MR) is 76.7 cm³/mol. The van der Waals surface area contributed by atoms with Gasteiger partial charge in [-0.2, -0.15) is 0 Å². The molecule has 20 heavy (non-hydrogen) atoms. The molecule has 0 radical (unpaired) electrons. The molecule has 0 heterocycles. The maximum absolute atomic E-state index is 11.6. The summed E-state index contributed by atoms with van der Waals surface area (Å²) < 4.78 is 15.4. The Hall–Kier alpha value is -0.650. The molecule has 0 rings (SSSR count). The van der Waals surface area contributed by atoms with Gasteiger partial charge in [-0.3, -0.25) is 9.59 Å². The Labute approximate surface area is 125 Å². The van der Waals surface area contributed by atoms with E-state index >= 15 is 0 Å². The lowest BCUT2D eigenvalue weighted by molar-refractivity contribution is -0.154. The molecule has 2 atom stereocenters. The second kappa shape index (κ2) is 8.60. The van der Waals surface area contributed by atoms with Crippen LogP contribution in [0, 0.1) is 5.92 Å². The summed E-state index contributed by atoms with van der Waals surface area (Å²) in [6.07, 6.45) is -0.351. The number of rotatable bonds is 9. The molecule has 0 saturated heterocycles. The molecule has 0 aromatic carbocycles. The first-order valence-corrected chi connectivity index (χ1v) is 6.91. The van der Waals surface area contributed by atoms with Crippen molar-refractivity contribution in [2.75, 3.05) is 14.2 Å². The Balaban J connectivity index is 4.94. The van der Waals surface area contributed by atoms with Gasteiger partial charge in [0.2, 0.25) is 0 Å². The van der Waals surface area contributed by atoms with E-state index in [9.17, 15) is 9.59 Å². The first-order valence-electron chi connectivity index (χ1n) is 6.54. The van der Waals surface area contributed by atoms with Crippen LogP contribution in [-0.2, 0) is 23.8 Å². The Kier molecular flexibility index (Phi) is 8.32. The van der Waals surface area contributed by atoms with Crippen LogP contribution in [0.5, 0.6) is 0 Å². The number of hydrogen-bond acceptors (Lipinski definition) is 5. The molecule has 0 aromatic heterocycles. The Morgan fingerprint density at radius 2 is 1.60 bits per heavy atom. The van der Waals surface area contributed by atoms with Crippen molar-refractivity contribution in [1.82, 2.24) is 0 Å². The molecule has 0 fully saturated rings. The number of methoxy groups -OCH3 is 2. The van der Waals surface area contributed by atoms with Gasteiger partial charge in [0.05, 0.1) is 0 Å². The molecule has 0 amide bonds.